The summed E-state index contributed by atoms with van der Waals surface area (Å²) in [4.78, 5) is 3.29. The Labute approximate surface area is 106 Å². The number of hydrogen-bond acceptors (Lipinski definition) is 3. The van der Waals surface area contributed by atoms with Gasteiger partial charge in [0, 0.05) is 29.2 Å². The number of hydrogen-bond donors (Lipinski definition) is 2. The first kappa shape index (κ1) is 11.4. The van der Waals surface area contributed by atoms with Crippen LogP contribution in [-0.4, -0.2) is 24.4 Å². The monoisotopic (exact) mass is 246 g/mol. The molecule has 0 radical (unpaired) electrons. The minimum atomic E-state index is 0.326. The van der Waals surface area contributed by atoms with Gasteiger partial charge in [0.25, 0.3) is 0 Å². The zero-order valence-corrected chi connectivity index (χ0v) is 10.7. The third kappa shape index (κ3) is 2.04. The summed E-state index contributed by atoms with van der Waals surface area (Å²) < 4.78 is 10.8. The molecule has 0 amide bonds. The third-order valence-corrected chi connectivity index (χ3v) is 3.21. The van der Waals surface area contributed by atoms with Crippen molar-refractivity contribution in [3.8, 4) is 11.5 Å². The first-order valence-electron chi connectivity index (χ1n) is 6.37. The smallest absolute Gasteiger partial charge is 0.231 e. The predicted octanol–water partition coefficient (Wildman–Crippen LogP) is 2.44. The summed E-state index contributed by atoms with van der Waals surface area (Å²) in [5, 5.41) is 4.66. The summed E-state index contributed by atoms with van der Waals surface area (Å²) in [6.45, 7) is 5.63. The van der Waals surface area contributed by atoms with E-state index in [4.69, 9.17) is 9.47 Å². The highest BCUT2D eigenvalue weighted by atomic mass is 16.7. The molecule has 0 fully saturated rings. The van der Waals surface area contributed by atoms with E-state index in [1.807, 2.05) is 6.07 Å². The normalized spacial score (nSPS) is 13.7. The van der Waals surface area contributed by atoms with Gasteiger partial charge in [-0.1, -0.05) is 13.8 Å². The largest absolute Gasteiger partial charge is 0.454 e. The number of nitrogens with one attached hydrogen (secondary N) is 2. The highest BCUT2D eigenvalue weighted by Crippen LogP contribution is 2.36. The number of benzene rings is 1. The maximum atomic E-state index is 5.42. The molecule has 3 rings (SSSR count). The van der Waals surface area contributed by atoms with Crippen LogP contribution in [0.3, 0.4) is 0 Å². The molecule has 2 aromatic rings. The summed E-state index contributed by atoms with van der Waals surface area (Å²) in [7, 11) is 0. The second-order valence-electron chi connectivity index (χ2n) is 4.92. The van der Waals surface area contributed by atoms with Gasteiger partial charge >= 0.3 is 0 Å². The molecule has 2 N–H and O–H groups in total. The van der Waals surface area contributed by atoms with E-state index < -0.39 is 0 Å². The topological polar surface area (TPSA) is 46.3 Å². The summed E-state index contributed by atoms with van der Waals surface area (Å²) in [6, 6.07) is 4.60. The van der Waals surface area contributed by atoms with Crippen molar-refractivity contribution in [3.05, 3.63) is 23.9 Å². The maximum Gasteiger partial charge on any atom is 0.231 e. The van der Waals surface area contributed by atoms with E-state index in [1.165, 1.54) is 10.9 Å². The van der Waals surface area contributed by atoms with Gasteiger partial charge in [0.2, 0.25) is 6.79 Å². The van der Waals surface area contributed by atoms with E-state index in [0.29, 0.717) is 12.8 Å². The number of aromatic nitrogens is 1. The molecule has 0 saturated heterocycles. The van der Waals surface area contributed by atoms with Crippen LogP contribution in [0.4, 0.5) is 0 Å². The maximum absolute atomic E-state index is 5.42. The second-order valence-corrected chi connectivity index (χ2v) is 4.92. The molecule has 2 heterocycles. The Morgan fingerprint density at radius 2 is 2.06 bits per heavy atom. The summed E-state index contributed by atoms with van der Waals surface area (Å²) >= 11 is 0. The van der Waals surface area contributed by atoms with Crippen molar-refractivity contribution in [2.24, 2.45) is 0 Å². The average molecular weight is 246 g/mol. The van der Waals surface area contributed by atoms with Gasteiger partial charge in [-0.3, -0.25) is 0 Å². The SMILES string of the molecule is CC(C)NCCc1c[nH]c2cc3c(cc12)OCO3. The van der Waals surface area contributed by atoms with E-state index in [-0.39, 0.29) is 0 Å². The van der Waals surface area contributed by atoms with Crippen molar-refractivity contribution in [1.29, 1.82) is 0 Å². The molecule has 1 aromatic heterocycles. The van der Waals surface area contributed by atoms with Gasteiger partial charge in [-0.2, -0.15) is 0 Å². The fourth-order valence-electron chi connectivity index (χ4n) is 2.27. The van der Waals surface area contributed by atoms with Gasteiger partial charge in [0.05, 0.1) is 0 Å². The van der Waals surface area contributed by atoms with Crippen LogP contribution in [0.5, 0.6) is 11.5 Å². The lowest BCUT2D eigenvalue weighted by Crippen LogP contribution is -2.24. The molecule has 1 aliphatic rings. The Hall–Kier alpha value is -1.68. The van der Waals surface area contributed by atoms with Crippen molar-refractivity contribution in [2.75, 3.05) is 13.3 Å². The molecule has 4 nitrogen and oxygen atoms in total. The Morgan fingerprint density at radius 1 is 1.28 bits per heavy atom. The van der Waals surface area contributed by atoms with Crippen LogP contribution in [0, 0.1) is 0 Å². The molecule has 4 heteroatoms. The van der Waals surface area contributed by atoms with Crippen molar-refractivity contribution in [1.82, 2.24) is 10.3 Å². The quantitative estimate of drug-likeness (QED) is 0.871. The van der Waals surface area contributed by atoms with E-state index >= 15 is 0 Å². The first-order valence-corrected chi connectivity index (χ1v) is 6.37. The van der Waals surface area contributed by atoms with E-state index in [2.05, 4.69) is 36.4 Å². The lowest BCUT2D eigenvalue weighted by atomic mass is 10.1. The van der Waals surface area contributed by atoms with Gasteiger partial charge < -0.3 is 19.8 Å². The molecular formula is C14H18N2O2. The fraction of sp³-hybridized carbons (Fsp3) is 0.429. The van der Waals surface area contributed by atoms with Crippen molar-refractivity contribution in [2.45, 2.75) is 26.3 Å². The minimum Gasteiger partial charge on any atom is -0.454 e. The zero-order valence-electron chi connectivity index (χ0n) is 10.7. The molecule has 0 atom stereocenters. The molecule has 0 spiro atoms. The lowest BCUT2D eigenvalue weighted by Gasteiger charge is -2.07. The first-order chi connectivity index (χ1) is 8.74. The van der Waals surface area contributed by atoms with Gasteiger partial charge in [0.15, 0.2) is 11.5 Å². The highest BCUT2D eigenvalue weighted by molar-refractivity contribution is 5.86. The molecule has 0 bridgehead atoms. The average Bonchev–Trinajstić information content (AvgIpc) is 2.92. The zero-order chi connectivity index (χ0) is 12.5. The second kappa shape index (κ2) is 4.53. The summed E-state index contributed by atoms with van der Waals surface area (Å²) in [5.41, 5.74) is 2.43. The summed E-state index contributed by atoms with van der Waals surface area (Å²) in [5.74, 6) is 1.68. The molecule has 96 valence electrons. The van der Waals surface area contributed by atoms with Crippen LogP contribution in [-0.2, 0) is 6.42 Å². The Kier molecular flexibility index (Phi) is 2.88. The number of aromatic amines is 1. The molecule has 0 unspecified atom stereocenters. The van der Waals surface area contributed by atoms with E-state index in [1.54, 1.807) is 0 Å². The molecular weight excluding hydrogens is 228 g/mol. The van der Waals surface area contributed by atoms with Crippen molar-refractivity contribution in [3.63, 3.8) is 0 Å². The van der Waals surface area contributed by atoms with Crippen molar-refractivity contribution < 1.29 is 9.47 Å². The van der Waals surface area contributed by atoms with Crippen molar-refractivity contribution >= 4 is 10.9 Å². The van der Waals surface area contributed by atoms with Crippen LogP contribution < -0.4 is 14.8 Å². The van der Waals surface area contributed by atoms with Crippen LogP contribution in [0.2, 0.25) is 0 Å². The van der Waals surface area contributed by atoms with Crippen LogP contribution in [0.25, 0.3) is 10.9 Å². The van der Waals surface area contributed by atoms with E-state index in [9.17, 15) is 0 Å². The molecule has 0 aliphatic carbocycles. The predicted molar refractivity (Wildman–Crippen MR) is 71.3 cm³/mol. The Balaban J connectivity index is 1.85. The van der Waals surface area contributed by atoms with E-state index in [0.717, 1.165) is 30.0 Å². The Bertz CT molecular complexity index is 560. The number of fused-ring (bicyclic) bond motifs is 2. The molecule has 1 aliphatic heterocycles. The van der Waals surface area contributed by atoms with Gasteiger partial charge in [-0.25, -0.2) is 0 Å². The molecule has 0 saturated carbocycles. The third-order valence-electron chi connectivity index (χ3n) is 3.21. The molecule has 1 aromatic carbocycles. The van der Waals surface area contributed by atoms with Gasteiger partial charge in [-0.05, 0) is 24.6 Å². The number of ether oxygens (including phenoxy) is 2. The minimum absolute atomic E-state index is 0.326. The van der Waals surface area contributed by atoms with Gasteiger partial charge in [0.1, 0.15) is 0 Å². The highest BCUT2D eigenvalue weighted by Gasteiger charge is 2.16. The molecule has 18 heavy (non-hydrogen) atoms. The van der Waals surface area contributed by atoms with Crippen LogP contribution >= 0.6 is 0 Å². The number of rotatable bonds is 4. The summed E-state index contributed by atoms with van der Waals surface area (Å²) in [6.07, 6.45) is 3.08. The lowest BCUT2D eigenvalue weighted by molar-refractivity contribution is 0.174. The van der Waals surface area contributed by atoms with Crippen LogP contribution in [0.1, 0.15) is 19.4 Å². The van der Waals surface area contributed by atoms with Crippen LogP contribution in [0.15, 0.2) is 18.3 Å². The number of H-pyrrole nitrogens is 1. The fourth-order valence-corrected chi connectivity index (χ4v) is 2.27. The van der Waals surface area contributed by atoms with Gasteiger partial charge in [-0.15, -0.1) is 0 Å². The Morgan fingerprint density at radius 3 is 2.83 bits per heavy atom. The standard InChI is InChI=1S/C14H18N2O2/c1-9(2)15-4-3-10-7-16-12-6-14-13(5-11(10)12)17-8-18-14/h5-7,9,15-16H,3-4,8H2,1-2H3.